The quantitative estimate of drug-likeness (QED) is 0.302. The average Bonchev–Trinajstić information content (AvgIpc) is 0.722. The van der Waals surface area contributed by atoms with E-state index in [1.807, 2.05) is 0 Å². The average molecular weight is 234 g/mol. The van der Waals surface area contributed by atoms with Crippen LogP contribution in [0.4, 0.5) is 0 Å². The Balaban J connectivity index is -0.00000000800. The molecular formula is H4Ca2NaO6P+2. The van der Waals surface area contributed by atoms with E-state index < -0.39 is 7.82 Å². The van der Waals surface area contributed by atoms with Gasteiger partial charge in [0.05, 0.1) is 0 Å². The number of rotatable bonds is 0. The standard InChI is InChI=1S/2Ca.Na.H3O4P.2H2O/c;;;1-5(2,3)4;;/h;;;(H3,1,2,3,4);2*1H2/q2*+2;+1;;;/p-3. The summed E-state index contributed by atoms with van der Waals surface area (Å²) in [4.78, 5) is 25.6. The van der Waals surface area contributed by atoms with Gasteiger partial charge in [0.25, 0.3) is 0 Å². The van der Waals surface area contributed by atoms with Crippen molar-refractivity contribution < 1.29 is 59.8 Å². The Morgan fingerprint density at radius 2 is 0.900 bits per heavy atom. The van der Waals surface area contributed by atoms with Crippen LogP contribution >= 0.6 is 7.82 Å². The molecule has 0 saturated heterocycles. The molecule has 0 fully saturated rings. The van der Waals surface area contributed by atoms with Crippen LogP contribution in [0.15, 0.2) is 0 Å². The van der Waals surface area contributed by atoms with Gasteiger partial charge in [0.15, 0.2) is 0 Å². The number of hydrogen-bond acceptors (Lipinski definition) is 4. The van der Waals surface area contributed by atoms with E-state index in [-0.39, 0.29) is 116 Å². The largest absolute Gasteiger partial charge is 2.00 e. The molecular weight excluding hydrogens is 230 g/mol. The van der Waals surface area contributed by atoms with Gasteiger partial charge in [-0.15, -0.1) is 0 Å². The van der Waals surface area contributed by atoms with Gasteiger partial charge in [-0.2, -0.15) is 7.82 Å². The van der Waals surface area contributed by atoms with Gasteiger partial charge >= 0.3 is 105 Å². The number of phosphoric acid groups is 1. The van der Waals surface area contributed by atoms with E-state index in [1.165, 1.54) is 0 Å². The van der Waals surface area contributed by atoms with E-state index >= 15 is 0 Å². The van der Waals surface area contributed by atoms with Gasteiger partial charge in [-0.3, -0.25) is 0 Å². The third-order valence-electron chi connectivity index (χ3n) is 0. The Hall–Kier alpha value is 3.55. The molecule has 0 aromatic heterocycles. The van der Waals surface area contributed by atoms with Crippen molar-refractivity contribution in [2.45, 2.75) is 0 Å². The van der Waals surface area contributed by atoms with Crippen molar-refractivity contribution in [2.75, 3.05) is 0 Å². The molecule has 0 rings (SSSR count). The third-order valence-corrected chi connectivity index (χ3v) is 0. The molecule has 0 aromatic carbocycles. The third kappa shape index (κ3) is 102. The normalized spacial score (nSPS) is 5.90. The van der Waals surface area contributed by atoms with Gasteiger partial charge in [-0.1, -0.05) is 0 Å². The SMILES string of the molecule is O.O.O=P([O-])([O-])[O-].[Ca+2].[Ca+2].[Na+]. The molecule has 4 N–H and O–H groups in total. The number of hydrogen-bond donors (Lipinski definition) is 0. The summed E-state index contributed by atoms with van der Waals surface area (Å²) in [6, 6.07) is 0. The molecule has 48 valence electrons. The molecule has 0 aliphatic heterocycles. The van der Waals surface area contributed by atoms with E-state index in [4.69, 9.17) is 19.2 Å². The van der Waals surface area contributed by atoms with E-state index in [0.717, 1.165) is 0 Å². The van der Waals surface area contributed by atoms with E-state index in [0.29, 0.717) is 0 Å². The summed E-state index contributed by atoms with van der Waals surface area (Å²) in [5.41, 5.74) is 0. The molecule has 0 spiro atoms. The molecule has 0 bridgehead atoms. The zero-order valence-corrected chi connectivity index (χ0v) is 12.8. The molecule has 0 heterocycles. The fraction of sp³-hybridized carbons (Fsp3) is 0. The van der Waals surface area contributed by atoms with Crippen molar-refractivity contribution in [2.24, 2.45) is 0 Å². The van der Waals surface area contributed by atoms with Gasteiger partial charge in [-0.25, -0.2) is 0 Å². The minimum absolute atomic E-state index is 0. The van der Waals surface area contributed by atoms with Crippen LogP contribution in [0.1, 0.15) is 0 Å². The first-order chi connectivity index (χ1) is 2.00. The van der Waals surface area contributed by atoms with Crippen LogP contribution in [0, 0.1) is 0 Å². The van der Waals surface area contributed by atoms with Gasteiger partial charge in [0.2, 0.25) is 0 Å². The maximum Gasteiger partial charge on any atom is 2.00 e. The zero-order chi connectivity index (χ0) is 4.50. The van der Waals surface area contributed by atoms with Crippen LogP contribution < -0.4 is 44.2 Å². The predicted molar refractivity (Wildman–Crippen MR) is 26.3 cm³/mol. The molecule has 10 heteroatoms. The van der Waals surface area contributed by atoms with Crippen LogP contribution in [0.5, 0.6) is 0 Å². The molecule has 0 unspecified atom stereocenters. The summed E-state index contributed by atoms with van der Waals surface area (Å²) in [7, 11) is -5.39. The molecule has 10 heavy (non-hydrogen) atoms. The van der Waals surface area contributed by atoms with Crippen molar-refractivity contribution in [1.29, 1.82) is 0 Å². The van der Waals surface area contributed by atoms with Gasteiger partial charge < -0.3 is 30.2 Å². The molecule has 0 saturated carbocycles. The first kappa shape index (κ1) is 37.4. The minimum atomic E-state index is -5.39. The first-order valence-corrected chi connectivity index (χ1v) is 2.19. The molecule has 6 nitrogen and oxygen atoms in total. The van der Waals surface area contributed by atoms with Crippen molar-refractivity contribution >= 4 is 83.3 Å². The van der Waals surface area contributed by atoms with Gasteiger partial charge in [0, 0.05) is 0 Å². The van der Waals surface area contributed by atoms with E-state index in [1.54, 1.807) is 0 Å². The van der Waals surface area contributed by atoms with E-state index in [2.05, 4.69) is 0 Å². The van der Waals surface area contributed by atoms with Crippen molar-refractivity contribution in [3.05, 3.63) is 0 Å². The molecule has 0 amide bonds. The van der Waals surface area contributed by atoms with Crippen molar-refractivity contribution in [3.8, 4) is 0 Å². The van der Waals surface area contributed by atoms with Crippen LogP contribution in [0.3, 0.4) is 0 Å². The maximum absolute atomic E-state index is 8.55. The van der Waals surface area contributed by atoms with E-state index in [9.17, 15) is 0 Å². The molecule has 0 aliphatic carbocycles. The summed E-state index contributed by atoms with van der Waals surface area (Å²) < 4.78 is 8.55. The Labute approximate surface area is 140 Å². The first-order valence-electron chi connectivity index (χ1n) is 0.730. The second kappa shape index (κ2) is 18.4. The second-order valence-corrected chi connectivity index (χ2v) is 1.34. The van der Waals surface area contributed by atoms with Gasteiger partial charge in [0.1, 0.15) is 0 Å². The molecule has 0 atom stereocenters. The van der Waals surface area contributed by atoms with Crippen molar-refractivity contribution in [3.63, 3.8) is 0 Å². The van der Waals surface area contributed by atoms with Crippen LogP contribution in [-0.2, 0) is 4.57 Å². The summed E-state index contributed by atoms with van der Waals surface area (Å²) in [5.74, 6) is 0. The Morgan fingerprint density at radius 1 is 0.900 bits per heavy atom. The zero-order valence-electron chi connectivity index (χ0n) is 5.49. The minimum Gasteiger partial charge on any atom is -0.822 e. The fourth-order valence-corrected chi connectivity index (χ4v) is 0. The molecule has 0 aromatic rings. The smallest absolute Gasteiger partial charge is 0.822 e. The Morgan fingerprint density at radius 3 is 0.900 bits per heavy atom. The maximum atomic E-state index is 8.55. The monoisotopic (exact) mass is 234 g/mol. The van der Waals surface area contributed by atoms with Gasteiger partial charge in [-0.05, 0) is 0 Å². The second-order valence-electron chi connectivity index (χ2n) is 0.447. The summed E-state index contributed by atoms with van der Waals surface area (Å²) in [5, 5.41) is 0. The Bertz CT molecular complexity index is 61.9. The Kier molecular flexibility index (Phi) is 68.7. The van der Waals surface area contributed by atoms with Crippen LogP contribution in [0.25, 0.3) is 0 Å². The fourth-order valence-electron chi connectivity index (χ4n) is 0. The topological polar surface area (TPSA) is 149 Å². The summed E-state index contributed by atoms with van der Waals surface area (Å²) in [6.07, 6.45) is 0. The molecule has 0 radical (unpaired) electrons. The summed E-state index contributed by atoms with van der Waals surface area (Å²) >= 11 is 0. The van der Waals surface area contributed by atoms with Crippen molar-refractivity contribution in [1.82, 2.24) is 0 Å². The molecule has 0 aliphatic rings. The summed E-state index contributed by atoms with van der Waals surface area (Å²) in [6.45, 7) is 0. The predicted octanol–water partition coefficient (Wildman–Crippen LogP) is -8.23. The van der Waals surface area contributed by atoms with Crippen LogP contribution in [-0.4, -0.2) is 86.4 Å². The van der Waals surface area contributed by atoms with Crippen LogP contribution in [0.2, 0.25) is 0 Å².